The van der Waals surface area contributed by atoms with Gasteiger partial charge < -0.3 is 15.1 Å². The van der Waals surface area contributed by atoms with Gasteiger partial charge in [-0.2, -0.15) is 0 Å². The summed E-state index contributed by atoms with van der Waals surface area (Å²) >= 11 is 0. The first-order valence-corrected chi connectivity index (χ1v) is 8.72. The summed E-state index contributed by atoms with van der Waals surface area (Å²) in [5.74, 6) is 0.256. The number of rotatable bonds is 3. The van der Waals surface area contributed by atoms with Gasteiger partial charge >= 0.3 is 0 Å². The molecule has 1 aliphatic heterocycles. The number of anilines is 2. The van der Waals surface area contributed by atoms with Crippen LogP contribution in [0.2, 0.25) is 0 Å². The van der Waals surface area contributed by atoms with Gasteiger partial charge in [-0.1, -0.05) is 12.1 Å². The van der Waals surface area contributed by atoms with Crippen molar-refractivity contribution in [2.24, 2.45) is 0 Å². The van der Waals surface area contributed by atoms with E-state index in [9.17, 15) is 9.18 Å². The maximum atomic E-state index is 13.9. The van der Waals surface area contributed by atoms with Crippen molar-refractivity contribution in [3.63, 3.8) is 0 Å². The summed E-state index contributed by atoms with van der Waals surface area (Å²) in [7, 11) is 0. The van der Waals surface area contributed by atoms with Crippen LogP contribution in [-0.2, 0) is 0 Å². The van der Waals surface area contributed by atoms with Gasteiger partial charge in [0.2, 0.25) is 0 Å². The Bertz CT molecular complexity index is 764. The van der Waals surface area contributed by atoms with Gasteiger partial charge in [0.25, 0.3) is 5.91 Å². The molecule has 7 heteroatoms. The number of hydrogen-bond acceptors (Lipinski definition) is 5. The molecule has 0 unspecified atom stereocenters. The van der Waals surface area contributed by atoms with E-state index < -0.39 is 0 Å². The first-order valence-electron chi connectivity index (χ1n) is 8.72. The molecule has 3 rings (SSSR count). The van der Waals surface area contributed by atoms with E-state index in [1.807, 2.05) is 31.7 Å². The number of nitrogens with one attached hydrogen (secondary N) is 1. The molecule has 6 nitrogen and oxygen atoms in total. The minimum Gasteiger partial charge on any atom is -0.366 e. The molecule has 1 amide bonds. The number of amides is 1. The number of carbonyl (C=O) groups excluding carboxylic acids is 1. The standard InChI is InChI=1S/C19H24FN5O/c1-19(2,3)23-17-13-21-15(12-22-17)18(26)25-10-8-24(9-11-25)16-7-5-4-6-14(16)20/h4-7,12-13H,8-11H2,1-3H3,(H,22,23). The van der Waals surface area contributed by atoms with Crippen molar-refractivity contribution in [3.05, 3.63) is 48.2 Å². The number of hydrogen-bond donors (Lipinski definition) is 1. The van der Waals surface area contributed by atoms with Gasteiger partial charge in [0.1, 0.15) is 17.3 Å². The van der Waals surface area contributed by atoms with E-state index in [0.717, 1.165) is 0 Å². The van der Waals surface area contributed by atoms with Crippen LogP contribution in [0.5, 0.6) is 0 Å². The van der Waals surface area contributed by atoms with Gasteiger partial charge in [-0.25, -0.2) is 14.4 Å². The Balaban J connectivity index is 1.61. The zero-order valence-corrected chi connectivity index (χ0v) is 15.4. The fraction of sp³-hybridized carbons (Fsp3) is 0.421. The number of benzene rings is 1. The van der Waals surface area contributed by atoms with Crippen LogP contribution in [-0.4, -0.2) is 52.5 Å². The molecule has 0 spiro atoms. The third-order valence-corrected chi connectivity index (χ3v) is 4.13. The highest BCUT2D eigenvalue weighted by Crippen LogP contribution is 2.20. The van der Waals surface area contributed by atoms with Crippen molar-refractivity contribution < 1.29 is 9.18 Å². The monoisotopic (exact) mass is 357 g/mol. The minimum atomic E-state index is -0.236. The lowest BCUT2D eigenvalue weighted by molar-refractivity contribution is 0.0740. The molecule has 1 aromatic carbocycles. The zero-order valence-electron chi connectivity index (χ0n) is 15.4. The first-order chi connectivity index (χ1) is 12.3. The zero-order chi connectivity index (χ0) is 18.7. The van der Waals surface area contributed by atoms with Gasteiger partial charge in [-0.15, -0.1) is 0 Å². The fourth-order valence-electron chi connectivity index (χ4n) is 2.91. The highest BCUT2D eigenvalue weighted by atomic mass is 19.1. The maximum absolute atomic E-state index is 13.9. The third-order valence-electron chi connectivity index (χ3n) is 4.13. The predicted octanol–water partition coefficient (Wildman–Crippen LogP) is 2.79. The fourth-order valence-corrected chi connectivity index (χ4v) is 2.91. The topological polar surface area (TPSA) is 61.4 Å². The second-order valence-corrected chi connectivity index (χ2v) is 7.39. The molecule has 1 aromatic heterocycles. The van der Waals surface area contributed by atoms with Crippen molar-refractivity contribution in [2.75, 3.05) is 36.4 Å². The summed E-state index contributed by atoms with van der Waals surface area (Å²) in [5, 5.41) is 3.22. The molecule has 26 heavy (non-hydrogen) atoms. The minimum absolute atomic E-state index is 0.122. The number of nitrogens with zero attached hydrogens (tertiary/aromatic N) is 4. The van der Waals surface area contributed by atoms with Crippen LogP contribution in [0.3, 0.4) is 0 Å². The van der Waals surface area contributed by atoms with Crippen LogP contribution < -0.4 is 10.2 Å². The molecule has 0 radical (unpaired) electrons. The van der Waals surface area contributed by atoms with Crippen LogP contribution in [0, 0.1) is 5.82 Å². The Morgan fingerprint density at radius 3 is 2.35 bits per heavy atom. The first kappa shape index (κ1) is 18.1. The Morgan fingerprint density at radius 2 is 1.77 bits per heavy atom. The Kier molecular flexibility index (Phi) is 5.06. The molecule has 2 aromatic rings. The number of aromatic nitrogens is 2. The lowest BCUT2D eigenvalue weighted by atomic mass is 10.1. The van der Waals surface area contributed by atoms with Gasteiger partial charge in [-0.3, -0.25) is 4.79 Å². The van der Waals surface area contributed by atoms with Crippen LogP contribution in [0.25, 0.3) is 0 Å². The summed E-state index contributed by atoms with van der Waals surface area (Å²) in [6, 6.07) is 6.71. The van der Waals surface area contributed by atoms with Gasteiger partial charge in [0.05, 0.1) is 18.1 Å². The molecular weight excluding hydrogens is 333 g/mol. The maximum Gasteiger partial charge on any atom is 0.274 e. The van der Waals surface area contributed by atoms with E-state index in [-0.39, 0.29) is 17.3 Å². The van der Waals surface area contributed by atoms with Crippen molar-refractivity contribution in [3.8, 4) is 0 Å². The van der Waals surface area contributed by atoms with Crippen LogP contribution >= 0.6 is 0 Å². The van der Waals surface area contributed by atoms with E-state index in [1.165, 1.54) is 12.3 Å². The molecule has 1 saturated heterocycles. The highest BCUT2D eigenvalue weighted by Gasteiger charge is 2.24. The van der Waals surface area contributed by atoms with Crippen molar-refractivity contribution >= 4 is 17.4 Å². The van der Waals surface area contributed by atoms with Gasteiger partial charge in [-0.05, 0) is 32.9 Å². The molecule has 0 bridgehead atoms. The van der Waals surface area contributed by atoms with Crippen molar-refractivity contribution in [2.45, 2.75) is 26.3 Å². The average molecular weight is 357 g/mol. The predicted molar refractivity (Wildman–Crippen MR) is 99.9 cm³/mol. The Morgan fingerprint density at radius 1 is 1.08 bits per heavy atom. The summed E-state index contributed by atoms with van der Waals surface area (Å²) < 4.78 is 13.9. The van der Waals surface area contributed by atoms with Gasteiger partial charge in [0, 0.05) is 31.7 Å². The van der Waals surface area contributed by atoms with E-state index in [0.29, 0.717) is 43.4 Å². The Labute approximate surface area is 153 Å². The molecular formula is C19H24FN5O. The second-order valence-electron chi connectivity index (χ2n) is 7.39. The number of para-hydroxylation sites is 1. The van der Waals surface area contributed by atoms with Crippen LogP contribution in [0.4, 0.5) is 15.9 Å². The normalized spacial score (nSPS) is 15.1. The van der Waals surface area contributed by atoms with Gasteiger partial charge in [0.15, 0.2) is 0 Å². The molecule has 0 atom stereocenters. The van der Waals surface area contributed by atoms with Crippen LogP contribution in [0.15, 0.2) is 36.7 Å². The molecule has 1 aliphatic rings. The van der Waals surface area contributed by atoms with E-state index in [1.54, 1.807) is 23.2 Å². The summed E-state index contributed by atoms with van der Waals surface area (Å²) in [5.41, 5.74) is 0.782. The van der Waals surface area contributed by atoms with E-state index in [2.05, 4.69) is 15.3 Å². The van der Waals surface area contributed by atoms with Crippen LogP contribution in [0.1, 0.15) is 31.3 Å². The Hall–Kier alpha value is -2.70. The highest BCUT2D eigenvalue weighted by molar-refractivity contribution is 5.92. The summed E-state index contributed by atoms with van der Waals surface area (Å²) in [4.78, 5) is 24.8. The number of piperazine rings is 1. The SMILES string of the molecule is CC(C)(C)Nc1cnc(C(=O)N2CCN(c3ccccc3F)CC2)cn1. The van der Waals surface area contributed by atoms with Crippen molar-refractivity contribution in [1.82, 2.24) is 14.9 Å². The molecule has 1 N–H and O–H groups in total. The molecule has 2 heterocycles. The van der Waals surface area contributed by atoms with Crippen molar-refractivity contribution in [1.29, 1.82) is 0 Å². The van der Waals surface area contributed by atoms with E-state index in [4.69, 9.17) is 0 Å². The lowest BCUT2D eigenvalue weighted by Crippen LogP contribution is -2.49. The quantitative estimate of drug-likeness (QED) is 0.915. The average Bonchev–Trinajstić information content (AvgIpc) is 2.61. The largest absolute Gasteiger partial charge is 0.366 e. The second kappa shape index (κ2) is 7.27. The number of halogens is 1. The molecule has 1 fully saturated rings. The lowest BCUT2D eigenvalue weighted by Gasteiger charge is -2.36. The molecule has 0 aliphatic carbocycles. The summed E-state index contributed by atoms with van der Waals surface area (Å²) in [6.45, 7) is 8.32. The molecule has 0 saturated carbocycles. The summed E-state index contributed by atoms with van der Waals surface area (Å²) in [6.07, 6.45) is 3.08. The molecule has 138 valence electrons. The smallest absolute Gasteiger partial charge is 0.274 e. The number of carbonyl (C=O) groups is 1. The van der Waals surface area contributed by atoms with E-state index >= 15 is 0 Å². The third kappa shape index (κ3) is 4.28.